The number of benzene rings is 2. The molecule has 0 atom stereocenters. The second-order valence-electron chi connectivity index (χ2n) is 7.07. The molecular weight excluding hydrogens is 376 g/mol. The zero-order chi connectivity index (χ0) is 20.9. The van der Waals surface area contributed by atoms with Gasteiger partial charge in [-0.15, -0.1) is 0 Å². The van der Waals surface area contributed by atoms with Crippen molar-refractivity contribution in [1.82, 2.24) is 9.21 Å². The fraction of sp³-hybridized carbons (Fsp3) is 0.350. The molecule has 2 aromatic rings. The van der Waals surface area contributed by atoms with Crippen molar-refractivity contribution < 1.29 is 13.2 Å². The van der Waals surface area contributed by atoms with E-state index < -0.39 is 10.0 Å². The quantitative estimate of drug-likeness (QED) is 0.729. The summed E-state index contributed by atoms with van der Waals surface area (Å²) in [6, 6.07) is 14.6. The first-order valence-electron chi connectivity index (χ1n) is 8.87. The Balaban J connectivity index is 2.17. The zero-order valence-corrected chi connectivity index (χ0v) is 17.8. The maximum atomic E-state index is 12.6. The predicted octanol–water partition coefficient (Wildman–Crippen LogP) is 2.07. The van der Waals surface area contributed by atoms with Crippen LogP contribution in [0.5, 0.6) is 0 Å². The van der Waals surface area contributed by atoms with Crippen molar-refractivity contribution in [3.8, 4) is 0 Å². The van der Waals surface area contributed by atoms with E-state index in [2.05, 4.69) is 5.32 Å². The van der Waals surface area contributed by atoms with Crippen LogP contribution in [-0.4, -0.2) is 65.3 Å². The normalized spacial score (nSPS) is 11.7. The average molecular weight is 405 g/mol. The fourth-order valence-corrected chi connectivity index (χ4v) is 3.69. The number of amides is 1. The lowest BCUT2D eigenvalue weighted by Gasteiger charge is -2.21. The van der Waals surface area contributed by atoms with Crippen LogP contribution in [-0.2, 0) is 21.4 Å². The van der Waals surface area contributed by atoms with E-state index in [4.69, 9.17) is 0 Å². The Labute approximate surface area is 167 Å². The first kappa shape index (κ1) is 21.9. The third-order valence-corrected chi connectivity index (χ3v) is 6.02. The number of hydrogen-bond acceptors (Lipinski definition) is 5. The van der Waals surface area contributed by atoms with Crippen LogP contribution in [0.2, 0.25) is 0 Å². The summed E-state index contributed by atoms with van der Waals surface area (Å²) in [6.45, 7) is 0.830. The summed E-state index contributed by atoms with van der Waals surface area (Å²) in [5.74, 6) is -0.207. The van der Waals surface area contributed by atoms with E-state index >= 15 is 0 Å². The Morgan fingerprint density at radius 3 is 2.18 bits per heavy atom. The molecule has 8 heteroatoms. The van der Waals surface area contributed by atoms with E-state index in [1.54, 1.807) is 12.1 Å². The van der Waals surface area contributed by atoms with Crippen molar-refractivity contribution in [2.75, 3.05) is 52.0 Å². The van der Waals surface area contributed by atoms with Gasteiger partial charge < -0.3 is 10.2 Å². The molecule has 0 bridgehead atoms. The molecule has 28 heavy (non-hydrogen) atoms. The van der Waals surface area contributed by atoms with Gasteiger partial charge in [-0.25, -0.2) is 12.7 Å². The highest BCUT2D eigenvalue weighted by Gasteiger charge is 2.20. The molecule has 0 heterocycles. The van der Waals surface area contributed by atoms with Gasteiger partial charge in [-0.05, 0) is 30.8 Å². The van der Waals surface area contributed by atoms with Crippen LogP contribution in [0.25, 0.3) is 0 Å². The lowest BCUT2D eigenvalue weighted by molar-refractivity contribution is -0.117. The molecule has 0 saturated carbocycles. The molecule has 2 rings (SSSR count). The molecule has 0 saturated heterocycles. The SMILES string of the molecule is CN(CC(=O)Nc1cc(S(=O)(=O)N(C)C)ccc1N(C)C)Cc1ccccc1. The van der Waals surface area contributed by atoms with Gasteiger partial charge in [0, 0.05) is 34.7 Å². The van der Waals surface area contributed by atoms with E-state index in [9.17, 15) is 13.2 Å². The zero-order valence-electron chi connectivity index (χ0n) is 17.0. The van der Waals surface area contributed by atoms with Crippen molar-refractivity contribution >= 4 is 27.3 Å². The largest absolute Gasteiger partial charge is 0.376 e. The lowest BCUT2D eigenvalue weighted by Crippen LogP contribution is -2.30. The first-order valence-corrected chi connectivity index (χ1v) is 10.3. The molecule has 0 radical (unpaired) electrons. The maximum absolute atomic E-state index is 12.6. The summed E-state index contributed by atoms with van der Waals surface area (Å²) in [6.07, 6.45) is 0. The summed E-state index contributed by atoms with van der Waals surface area (Å²) < 4.78 is 26.0. The van der Waals surface area contributed by atoms with Gasteiger partial charge in [0.15, 0.2) is 0 Å². The number of carbonyl (C=O) groups excluding carboxylic acids is 1. The molecule has 0 unspecified atom stereocenters. The summed E-state index contributed by atoms with van der Waals surface area (Å²) in [5, 5.41) is 2.85. The van der Waals surface area contributed by atoms with Gasteiger partial charge in [-0.2, -0.15) is 0 Å². The summed E-state index contributed by atoms with van der Waals surface area (Å²) in [5.41, 5.74) is 2.31. The van der Waals surface area contributed by atoms with Crippen LogP contribution >= 0.6 is 0 Å². The third-order valence-electron chi connectivity index (χ3n) is 4.21. The van der Waals surface area contributed by atoms with Gasteiger partial charge in [0.2, 0.25) is 15.9 Å². The number of anilines is 2. The minimum absolute atomic E-state index is 0.135. The third kappa shape index (κ3) is 5.54. The van der Waals surface area contributed by atoms with Gasteiger partial charge >= 0.3 is 0 Å². The Bertz CT molecular complexity index is 912. The van der Waals surface area contributed by atoms with Crippen LogP contribution in [0.4, 0.5) is 11.4 Å². The Morgan fingerprint density at radius 2 is 1.61 bits per heavy atom. The molecule has 152 valence electrons. The van der Waals surface area contributed by atoms with E-state index in [1.165, 1.54) is 20.2 Å². The summed E-state index contributed by atoms with van der Waals surface area (Å²) in [7, 11) is 4.92. The Kier molecular flexibility index (Phi) is 7.17. The number of nitrogens with one attached hydrogen (secondary N) is 1. The predicted molar refractivity (Wildman–Crippen MR) is 113 cm³/mol. The fourth-order valence-electron chi connectivity index (χ4n) is 2.76. The van der Waals surface area contributed by atoms with Crippen molar-refractivity contribution in [1.29, 1.82) is 0 Å². The standard InChI is InChI=1S/C20H28N4O3S/c1-22(2)19-12-11-17(28(26,27)23(3)4)13-18(19)21-20(25)15-24(5)14-16-9-7-6-8-10-16/h6-13H,14-15H2,1-5H3,(H,21,25). The Hall–Kier alpha value is -2.42. The van der Waals surface area contributed by atoms with Gasteiger partial charge in [-0.1, -0.05) is 30.3 Å². The molecule has 0 aliphatic rings. The highest BCUT2D eigenvalue weighted by molar-refractivity contribution is 7.89. The van der Waals surface area contributed by atoms with Crippen LogP contribution in [0.15, 0.2) is 53.4 Å². The highest BCUT2D eigenvalue weighted by atomic mass is 32.2. The topological polar surface area (TPSA) is 73.0 Å². The molecule has 0 fully saturated rings. The van der Waals surface area contributed by atoms with Crippen LogP contribution < -0.4 is 10.2 Å². The molecule has 0 aliphatic carbocycles. The van der Waals surface area contributed by atoms with Crippen molar-refractivity contribution in [2.24, 2.45) is 0 Å². The van der Waals surface area contributed by atoms with Crippen LogP contribution in [0, 0.1) is 0 Å². The molecule has 0 aliphatic heterocycles. The minimum Gasteiger partial charge on any atom is -0.376 e. The molecule has 0 aromatic heterocycles. The minimum atomic E-state index is -3.59. The summed E-state index contributed by atoms with van der Waals surface area (Å²) in [4.78, 5) is 16.4. The summed E-state index contributed by atoms with van der Waals surface area (Å²) >= 11 is 0. The monoisotopic (exact) mass is 404 g/mol. The number of likely N-dealkylation sites (N-methyl/N-ethyl adjacent to an activating group) is 1. The van der Waals surface area contributed by atoms with Crippen molar-refractivity contribution in [2.45, 2.75) is 11.4 Å². The lowest BCUT2D eigenvalue weighted by atomic mass is 10.2. The van der Waals surface area contributed by atoms with Crippen LogP contribution in [0.1, 0.15) is 5.56 Å². The van der Waals surface area contributed by atoms with Crippen LogP contribution in [0.3, 0.4) is 0 Å². The van der Waals surface area contributed by atoms with Crippen molar-refractivity contribution in [3.63, 3.8) is 0 Å². The number of nitrogens with zero attached hydrogens (tertiary/aromatic N) is 3. The second-order valence-corrected chi connectivity index (χ2v) is 9.22. The maximum Gasteiger partial charge on any atom is 0.242 e. The molecular formula is C20H28N4O3S. The number of sulfonamides is 1. The van der Waals surface area contributed by atoms with E-state index in [1.807, 2.05) is 61.3 Å². The van der Waals surface area contributed by atoms with Crippen molar-refractivity contribution in [3.05, 3.63) is 54.1 Å². The number of hydrogen-bond donors (Lipinski definition) is 1. The van der Waals surface area contributed by atoms with Gasteiger partial charge in [0.25, 0.3) is 0 Å². The Morgan fingerprint density at radius 1 is 0.964 bits per heavy atom. The molecule has 1 amide bonds. The average Bonchev–Trinajstić information content (AvgIpc) is 2.61. The second kappa shape index (κ2) is 9.18. The smallest absolute Gasteiger partial charge is 0.242 e. The first-order chi connectivity index (χ1) is 13.1. The molecule has 1 N–H and O–H groups in total. The van der Waals surface area contributed by atoms with E-state index in [0.29, 0.717) is 12.2 Å². The molecule has 0 spiro atoms. The van der Waals surface area contributed by atoms with E-state index in [-0.39, 0.29) is 17.3 Å². The highest BCUT2D eigenvalue weighted by Crippen LogP contribution is 2.28. The number of rotatable bonds is 8. The molecule has 7 nitrogen and oxygen atoms in total. The molecule has 2 aromatic carbocycles. The van der Waals surface area contributed by atoms with E-state index in [0.717, 1.165) is 15.6 Å². The van der Waals surface area contributed by atoms with Gasteiger partial charge in [0.1, 0.15) is 0 Å². The van der Waals surface area contributed by atoms with Gasteiger partial charge in [-0.3, -0.25) is 9.69 Å². The van der Waals surface area contributed by atoms with Gasteiger partial charge in [0.05, 0.1) is 22.8 Å². The number of carbonyl (C=O) groups is 1.